The summed E-state index contributed by atoms with van der Waals surface area (Å²) in [4.78, 5) is 45.2. The molecule has 1 aromatic carbocycles. The number of hydrogen-bond acceptors (Lipinski definition) is 4. The standard InChI is InChI=1S/C15H21B2N3O5/c16-14(24)18-8-2-1-3-11(20-15(17)25)12(21)19-10-6-4-9(5-7-10)13(22)23/h4-7,11H,1-3,8,16-17H2,(H,18,24)(H,19,21)(H,20,25)(H,22,23)/t11-/m0/s1. The highest BCUT2D eigenvalue weighted by atomic mass is 16.4. The SMILES string of the molecule is BC(=O)NCCCC[C@H](NC(B)=O)C(=O)Nc1ccc(C(=O)O)cc1. The van der Waals surface area contributed by atoms with Crippen molar-refractivity contribution >= 4 is 44.9 Å². The normalized spacial score (nSPS) is 11.2. The van der Waals surface area contributed by atoms with Gasteiger partial charge in [-0.2, -0.15) is 0 Å². The topological polar surface area (TPSA) is 125 Å². The molecule has 3 amide bonds. The van der Waals surface area contributed by atoms with E-state index in [1.165, 1.54) is 40.0 Å². The Morgan fingerprint density at radius 1 is 1.00 bits per heavy atom. The lowest BCUT2D eigenvalue weighted by Gasteiger charge is -2.18. The van der Waals surface area contributed by atoms with Gasteiger partial charge in [0.1, 0.15) is 6.04 Å². The van der Waals surface area contributed by atoms with Crippen LogP contribution in [0.5, 0.6) is 0 Å². The van der Waals surface area contributed by atoms with Crippen LogP contribution in [0.2, 0.25) is 0 Å². The number of nitrogens with one attached hydrogen (secondary N) is 3. The third-order valence-electron chi connectivity index (χ3n) is 3.39. The average Bonchev–Trinajstić information content (AvgIpc) is 2.53. The summed E-state index contributed by atoms with van der Waals surface area (Å²) in [5.74, 6) is -1.85. The molecule has 0 saturated carbocycles. The van der Waals surface area contributed by atoms with Crippen LogP contribution in [0.1, 0.15) is 29.6 Å². The smallest absolute Gasteiger partial charge is 0.335 e. The fraction of sp³-hybridized carbons (Fsp3) is 0.333. The van der Waals surface area contributed by atoms with E-state index in [9.17, 15) is 19.2 Å². The zero-order valence-corrected chi connectivity index (χ0v) is 14.3. The van der Waals surface area contributed by atoms with Gasteiger partial charge in [0.15, 0.2) is 11.6 Å². The zero-order chi connectivity index (χ0) is 18.8. The molecule has 0 unspecified atom stereocenters. The maximum Gasteiger partial charge on any atom is 0.335 e. The third-order valence-corrected chi connectivity index (χ3v) is 3.39. The molecule has 25 heavy (non-hydrogen) atoms. The van der Waals surface area contributed by atoms with Gasteiger partial charge in [0.05, 0.1) is 5.56 Å². The first-order valence-electron chi connectivity index (χ1n) is 7.95. The number of carboxylic acid groups (broad SMARTS) is 1. The van der Waals surface area contributed by atoms with Crippen LogP contribution in [-0.2, 0) is 4.79 Å². The first kappa shape index (κ1) is 20.3. The Hall–Kier alpha value is -2.77. The fourth-order valence-electron chi connectivity index (χ4n) is 2.18. The lowest BCUT2D eigenvalue weighted by Crippen LogP contribution is -2.43. The lowest BCUT2D eigenvalue weighted by atomic mass is 10.0. The molecule has 1 rings (SSSR count). The minimum Gasteiger partial charge on any atom is -0.478 e. The van der Waals surface area contributed by atoms with E-state index in [1.54, 1.807) is 0 Å². The van der Waals surface area contributed by atoms with Crippen LogP contribution in [0.3, 0.4) is 0 Å². The summed E-state index contributed by atoms with van der Waals surface area (Å²) in [6, 6.07) is 5.05. The van der Waals surface area contributed by atoms with Gasteiger partial charge >= 0.3 is 5.97 Å². The highest BCUT2D eigenvalue weighted by Crippen LogP contribution is 2.11. The highest BCUT2D eigenvalue weighted by molar-refractivity contribution is 6.57. The van der Waals surface area contributed by atoms with Crippen LogP contribution >= 0.6 is 0 Å². The van der Waals surface area contributed by atoms with E-state index < -0.39 is 12.0 Å². The van der Waals surface area contributed by atoms with Crippen LogP contribution in [0, 0.1) is 0 Å². The van der Waals surface area contributed by atoms with Gasteiger partial charge in [-0.15, -0.1) is 0 Å². The molecule has 0 saturated heterocycles. The third kappa shape index (κ3) is 8.05. The van der Waals surface area contributed by atoms with Crippen molar-refractivity contribution in [2.45, 2.75) is 25.3 Å². The number of anilines is 1. The Morgan fingerprint density at radius 2 is 1.64 bits per heavy atom. The van der Waals surface area contributed by atoms with Crippen LogP contribution in [0.4, 0.5) is 15.3 Å². The van der Waals surface area contributed by atoms with Crippen molar-refractivity contribution in [3.63, 3.8) is 0 Å². The molecular weight excluding hydrogens is 324 g/mol. The number of carbonyl (C=O) groups excluding carboxylic acids is 3. The number of carboxylic acids is 1. The van der Waals surface area contributed by atoms with Gasteiger partial charge in [0, 0.05) is 12.2 Å². The zero-order valence-electron chi connectivity index (χ0n) is 14.3. The van der Waals surface area contributed by atoms with E-state index in [2.05, 4.69) is 16.0 Å². The van der Waals surface area contributed by atoms with Crippen molar-refractivity contribution in [1.29, 1.82) is 0 Å². The minimum atomic E-state index is -1.05. The van der Waals surface area contributed by atoms with Gasteiger partial charge in [-0.05, 0) is 43.5 Å². The Labute approximate surface area is 147 Å². The molecular formula is C15H21B2N3O5. The molecule has 0 bridgehead atoms. The number of hydrogen-bond donors (Lipinski definition) is 4. The first-order chi connectivity index (χ1) is 11.8. The molecule has 10 heteroatoms. The fourth-order valence-corrected chi connectivity index (χ4v) is 2.18. The number of benzene rings is 1. The summed E-state index contributed by atoms with van der Waals surface area (Å²) in [6.45, 7) is 0.514. The number of amides is 3. The van der Waals surface area contributed by atoms with Crippen molar-refractivity contribution in [1.82, 2.24) is 10.6 Å². The second kappa shape index (κ2) is 10.2. The predicted octanol–water partition coefficient (Wildman–Crippen LogP) is -0.452. The van der Waals surface area contributed by atoms with Gasteiger partial charge in [-0.1, -0.05) is 0 Å². The van der Waals surface area contributed by atoms with Crippen molar-refractivity contribution in [3.05, 3.63) is 29.8 Å². The molecule has 0 aromatic heterocycles. The van der Waals surface area contributed by atoms with Crippen LogP contribution in [0.25, 0.3) is 0 Å². The summed E-state index contributed by atoms with van der Waals surface area (Å²) < 4.78 is 0. The number of unbranched alkanes of at least 4 members (excludes halogenated alkanes) is 1. The Bertz CT molecular complexity index is 637. The minimum absolute atomic E-state index is 0.110. The molecule has 1 aromatic rings. The van der Waals surface area contributed by atoms with E-state index in [4.69, 9.17) is 5.11 Å². The molecule has 1 atom stereocenters. The van der Waals surface area contributed by atoms with Crippen molar-refractivity contribution in [2.24, 2.45) is 0 Å². The summed E-state index contributed by atoms with van der Waals surface area (Å²) in [5.41, 5.74) is 0.568. The van der Waals surface area contributed by atoms with Gasteiger partial charge in [-0.3, -0.25) is 14.4 Å². The van der Waals surface area contributed by atoms with Crippen molar-refractivity contribution in [3.8, 4) is 0 Å². The second-order valence-corrected chi connectivity index (χ2v) is 5.60. The van der Waals surface area contributed by atoms with E-state index in [0.717, 1.165) is 0 Å². The number of aromatic carboxylic acids is 1. The highest BCUT2D eigenvalue weighted by Gasteiger charge is 2.19. The van der Waals surface area contributed by atoms with Crippen molar-refractivity contribution < 1.29 is 24.3 Å². The average molecular weight is 345 g/mol. The largest absolute Gasteiger partial charge is 0.478 e. The Morgan fingerprint density at radius 3 is 2.16 bits per heavy atom. The first-order valence-corrected chi connectivity index (χ1v) is 7.95. The maximum atomic E-state index is 12.3. The number of carbonyl (C=O) groups is 4. The Kier molecular flexibility index (Phi) is 8.25. The summed E-state index contributed by atoms with van der Waals surface area (Å²) in [5, 5.41) is 16.8. The maximum absolute atomic E-state index is 12.3. The van der Waals surface area contributed by atoms with E-state index in [1.807, 2.05) is 0 Å². The van der Waals surface area contributed by atoms with E-state index in [-0.39, 0.29) is 23.1 Å². The quantitative estimate of drug-likeness (QED) is 0.356. The molecule has 0 heterocycles. The van der Waals surface area contributed by atoms with Gasteiger partial charge in [-0.25, -0.2) is 4.79 Å². The molecule has 0 spiro atoms. The van der Waals surface area contributed by atoms with Crippen LogP contribution in [-0.4, -0.2) is 56.9 Å². The molecule has 132 valence electrons. The van der Waals surface area contributed by atoms with Crippen LogP contribution in [0.15, 0.2) is 24.3 Å². The molecule has 0 aliphatic heterocycles. The summed E-state index contributed by atoms with van der Waals surface area (Å²) >= 11 is 0. The summed E-state index contributed by atoms with van der Waals surface area (Å²) in [7, 11) is 2.77. The molecule has 0 radical (unpaired) electrons. The monoisotopic (exact) mass is 345 g/mol. The van der Waals surface area contributed by atoms with Crippen molar-refractivity contribution in [2.75, 3.05) is 11.9 Å². The second-order valence-electron chi connectivity index (χ2n) is 5.60. The van der Waals surface area contributed by atoms with E-state index in [0.29, 0.717) is 31.5 Å². The molecule has 0 fully saturated rings. The van der Waals surface area contributed by atoms with Gasteiger partial charge in [0.25, 0.3) is 0 Å². The molecule has 4 N–H and O–H groups in total. The van der Waals surface area contributed by atoms with E-state index >= 15 is 0 Å². The lowest BCUT2D eigenvalue weighted by molar-refractivity contribution is -0.118. The van der Waals surface area contributed by atoms with Gasteiger partial charge in [0.2, 0.25) is 21.6 Å². The molecule has 0 aliphatic carbocycles. The molecule has 8 nitrogen and oxygen atoms in total. The summed E-state index contributed by atoms with van der Waals surface area (Å²) in [6.07, 6.45) is 1.77. The number of rotatable bonds is 9. The predicted molar refractivity (Wildman–Crippen MR) is 98.7 cm³/mol. The Balaban J connectivity index is 2.58. The molecule has 0 aliphatic rings. The van der Waals surface area contributed by atoms with Crippen LogP contribution < -0.4 is 16.0 Å². The van der Waals surface area contributed by atoms with Gasteiger partial charge < -0.3 is 21.1 Å².